The second-order valence-electron chi connectivity index (χ2n) is 6.98. The van der Waals surface area contributed by atoms with Gasteiger partial charge in [0, 0.05) is 6.04 Å². The minimum atomic E-state index is 0.679. The van der Waals surface area contributed by atoms with Crippen molar-refractivity contribution >= 4 is 0 Å². The summed E-state index contributed by atoms with van der Waals surface area (Å²) in [6.07, 6.45) is 8.27. The van der Waals surface area contributed by atoms with E-state index in [9.17, 15) is 0 Å². The fourth-order valence-corrected chi connectivity index (χ4v) is 4.31. The van der Waals surface area contributed by atoms with Gasteiger partial charge >= 0.3 is 0 Å². The van der Waals surface area contributed by atoms with E-state index in [1.165, 1.54) is 57.2 Å². The lowest BCUT2D eigenvalue weighted by Crippen LogP contribution is -2.43. The minimum Gasteiger partial charge on any atom is -0.496 e. The number of ether oxygens (including phenoxy) is 1. The van der Waals surface area contributed by atoms with Gasteiger partial charge in [-0.3, -0.25) is 0 Å². The number of nitrogens with zero attached hydrogens (tertiary/aromatic N) is 1. The van der Waals surface area contributed by atoms with Gasteiger partial charge < -0.3 is 9.64 Å². The number of likely N-dealkylation sites (tertiary alicyclic amines) is 1. The lowest BCUT2D eigenvalue weighted by atomic mass is 9.83. The first-order valence-corrected chi connectivity index (χ1v) is 8.65. The van der Waals surface area contributed by atoms with E-state index in [1.807, 2.05) is 0 Å². The highest BCUT2D eigenvalue weighted by Gasteiger charge is 2.29. The molecule has 2 nitrogen and oxygen atoms in total. The number of piperidine rings is 1. The van der Waals surface area contributed by atoms with E-state index in [-0.39, 0.29) is 0 Å². The van der Waals surface area contributed by atoms with Crippen molar-refractivity contribution in [3.63, 3.8) is 0 Å². The molecule has 1 aromatic carbocycles. The van der Waals surface area contributed by atoms with E-state index in [0.717, 1.165) is 17.7 Å². The molecule has 0 bridgehead atoms. The summed E-state index contributed by atoms with van der Waals surface area (Å²) in [6.45, 7) is 4.95. The van der Waals surface area contributed by atoms with Gasteiger partial charge in [-0.15, -0.1) is 0 Å². The van der Waals surface area contributed by atoms with Crippen LogP contribution in [0, 0.1) is 5.92 Å². The Balaban J connectivity index is 1.60. The van der Waals surface area contributed by atoms with Crippen LogP contribution in [0.2, 0.25) is 0 Å². The van der Waals surface area contributed by atoms with Gasteiger partial charge in [-0.05, 0) is 62.2 Å². The van der Waals surface area contributed by atoms with Crippen molar-refractivity contribution in [3.05, 3.63) is 29.8 Å². The molecule has 0 N–H and O–H groups in total. The second-order valence-corrected chi connectivity index (χ2v) is 6.98. The highest BCUT2D eigenvalue weighted by molar-refractivity contribution is 5.36. The molecular formula is C19H29NO. The van der Waals surface area contributed by atoms with Crippen molar-refractivity contribution in [2.24, 2.45) is 5.92 Å². The van der Waals surface area contributed by atoms with Crippen molar-refractivity contribution in [2.45, 2.75) is 57.4 Å². The van der Waals surface area contributed by atoms with E-state index < -0.39 is 0 Å². The fraction of sp³-hybridized carbons (Fsp3) is 0.684. The molecule has 0 amide bonds. The Kier molecular flexibility index (Phi) is 4.84. The zero-order valence-electron chi connectivity index (χ0n) is 13.6. The van der Waals surface area contributed by atoms with E-state index in [2.05, 4.69) is 36.1 Å². The molecular weight excluding hydrogens is 258 g/mol. The number of methoxy groups -OCH3 is 1. The van der Waals surface area contributed by atoms with E-state index in [1.54, 1.807) is 7.11 Å². The molecule has 116 valence electrons. The van der Waals surface area contributed by atoms with Crippen LogP contribution in [0.1, 0.15) is 56.9 Å². The zero-order chi connectivity index (χ0) is 14.7. The Morgan fingerprint density at radius 3 is 2.52 bits per heavy atom. The fourth-order valence-electron chi connectivity index (χ4n) is 4.31. The molecule has 0 aromatic heterocycles. The number of benzene rings is 1. The van der Waals surface area contributed by atoms with Crippen LogP contribution < -0.4 is 4.74 Å². The highest BCUT2D eigenvalue weighted by Crippen LogP contribution is 2.36. The Morgan fingerprint density at radius 2 is 1.81 bits per heavy atom. The van der Waals surface area contributed by atoms with Crippen molar-refractivity contribution in [1.82, 2.24) is 4.90 Å². The standard InChI is InChI=1S/C19H29NO/c1-15-6-5-7-17(14-15)20-12-10-16(11-13-20)18-8-3-4-9-19(18)21-2/h3-4,8-9,15-17H,5-7,10-14H2,1-2H3/t15-,17?/m1/s1. The van der Waals surface area contributed by atoms with Crippen LogP contribution in [0.25, 0.3) is 0 Å². The van der Waals surface area contributed by atoms with Crippen LogP contribution in [0.4, 0.5) is 0 Å². The largest absolute Gasteiger partial charge is 0.496 e. The summed E-state index contributed by atoms with van der Waals surface area (Å²) in [4.78, 5) is 2.77. The van der Waals surface area contributed by atoms with E-state index >= 15 is 0 Å². The molecule has 1 saturated heterocycles. The summed E-state index contributed by atoms with van der Waals surface area (Å²) in [6, 6.07) is 9.42. The molecule has 2 heteroatoms. The highest BCUT2D eigenvalue weighted by atomic mass is 16.5. The Bertz CT molecular complexity index is 451. The van der Waals surface area contributed by atoms with Crippen molar-refractivity contribution in [3.8, 4) is 5.75 Å². The lowest BCUT2D eigenvalue weighted by molar-refractivity contribution is 0.105. The van der Waals surface area contributed by atoms with Crippen LogP contribution in [0.3, 0.4) is 0 Å². The maximum absolute atomic E-state index is 5.54. The number of rotatable bonds is 3. The van der Waals surface area contributed by atoms with Crippen LogP contribution in [0.15, 0.2) is 24.3 Å². The predicted molar refractivity (Wildman–Crippen MR) is 88.0 cm³/mol. The molecule has 21 heavy (non-hydrogen) atoms. The Labute approximate surface area is 129 Å². The predicted octanol–water partition coefficient (Wildman–Crippen LogP) is 4.45. The van der Waals surface area contributed by atoms with Gasteiger partial charge in [0.1, 0.15) is 5.75 Å². The summed E-state index contributed by atoms with van der Waals surface area (Å²) in [5.41, 5.74) is 1.41. The molecule has 1 aliphatic carbocycles. The van der Waals surface area contributed by atoms with Gasteiger partial charge in [0.2, 0.25) is 0 Å². The molecule has 2 atom stereocenters. The third kappa shape index (κ3) is 3.42. The number of para-hydroxylation sites is 1. The average Bonchev–Trinajstić information content (AvgIpc) is 2.55. The number of hydrogen-bond acceptors (Lipinski definition) is 2. The molecule has 1 aliphatic heterocycles. The first kappa shape index (κ1) is 14.9. The minimum absolute atomic E-state index is 0.679. The smallest absolute Gasteiger partial charge is 0.122 e. The third-order valence-corrected chi connectivity index (χ3v) is 5.53. The van der Waals surface area contributed by atoms with Crippen molar-refractivity contribution < 1.29 is 4.74 Å². The molecule has 1 heterocycles. The van der Waals surface area contributed by atoms with Crippen LogP contribution in [-0.2, 0) is 0 Å². The SMILES string of the molecule is COc1ccccc1C1CCN(C2CCC[C@@H](C)C2)CC1. The van der Waals surface area contributed by atoms with Crippen LogP contribution in [-0.4, -0.2) is 31.1 Å². The van der Waals surface area contributed by atoms with Crippen molar-refractivity contribution in [2.75, 3.05) is 20.2 Å². The lowest BCUT2D eigenvalue weighted by Gasteiger charge is -2.41. The van der Waals surface area contributed by atoms with E-state index in [4.69, 9.17) is 4.74 Å². The molecule has 0 spiro atoms. The Hall–Kier alpha value is -1.02. The van der Waals surface area contributed by atoms with Crippen LogP contribution >= 0.6 is 0 Å². The van der Waals surface area contributed by atoms with Gasteiger partial charge in [0.05, 0.1) is 7.11 Å². The molecule has 3 rings (SSSR count). The first-order chi connectivity index (χ1) is 10.3. The maximum Gasteiger partial charge on any atom is 0.122 e. The first-order valence-electron chi connectivity index (χ1n) is 8.65. The maximum atomic E-state index is 5.54. The van der Waals surface area contributed by atoms with Crippen LogP contribution in [0.5, 0.6) is 5.75 Å². The quantitative estimate of drug-likeness (QED) is 0.814. The summed E-state index contributed by atoms with van der Waals surface area (Å²) >= 11 is 0. The molecule has 2 aliphatic rings. The van der Waals surface area contributed by atoms with Gasteiger partial charge in [0.25, 0.3) is 0 Å². The van der Waals surface area contributed by atoms with Crippen molar-refractivity contribution in [1.29, 1.82) is 0 Å². The zero-order valence-corrected chi connectivity index (χ0v) is 13.6. The van der Waals surface area contributed by atoms with Gasteiger partial charge in [-0.2, -0.15) is 0 Å². The van der Waals surface area contributed by atoms with Gasteiger partial charge in [-0.25, -0.2) is 0 Å². The monoisotopic (exact) mass is 287 g/mol. The van der Waals surface area contributed by atoms with Gasteiger partial charge in [0.15, 0.2) is 0 Å². The average molecular weight is 287 g/mol. The molecule has 2 fully saturated rings. The summed E-state index contributed by atoms with van der Waals surface area (Å²) in [5, 5.41) is 0. The van der Waals surface area contributed by atoms with E-state index in [0.29, 0.717) is 5.92 Å². The Morgan fingerprint density at radius 1 is 1.05 bits per heavy atom. The molecule has 1 unspecified atom stereocenters. The molecule has 0 radical (unpaired) electrons. The molecule has 1 saturated carbocycles. The normalized spacial score (nSPS) is 28.5. The topological polar surface area (TPSA) is 12.5 Å². The summed E-state index contributed by atoms with van der Waals surface area (Å²) < 4.78 is 5.54. The summed E-state index contributed by atoms with van der Waals surface area (Å²) in [5.74, 6) is 2.68. The molecule has 1 aromatic rings. The second kappa shape index (κ2) is 6.83. The number of hydrogen-bond donors (Lipinski definition) is 0. The third-order valence-electron chi connectivity index (χ3n) is 5.53. The van der Waals surface area contributed by atoms with Gasteiger partial charge in [-0.1, -0.05) is 38.0 Å². The summed E-state index contributed by atoms with van der Waals surface area (Å²) in [7, 11) is 1.79.